The Hall–Kier alpha value is -1.38. The van der Waals surface area contributed by atoms with Crippen LogP contribution < -0.4 is 0 Å². The molecule has 0 aliphatic carbocycles. The van der Waals surface area contributed by atoms with E-state index in [4.69, 9.17) is 0 Å². The van der Waals surface area contributed by atoms with Gasteiger partial charge in [-0.3, -0.25) is 0 Å². The highest BCUT2D eigenvalue weighted by atomic mass is 32.2. The molecule has 1 aromatic carbocycles. The molecule has 0 spiro atoms. The summed E-state index contributed by atoms with van der Waals surface area (Å²) in [6.45, 7) is 2.11. The van der Waals surface area contributed by atoms with Crippen LogP contribution in [0.4, 0.5) is 0 Å². The van der Waals surface area contributed by atoms with Crippen LogP contribution in [0.3, 0.4) is 0 Å². The molecule has 26 heavy (non-hydrogen) atoms. The average molecular weight is 396 g/mol. The maximum Gasteiger partial charge on any atom is 0.191 e. The third-order valence-corrected chi connectivity index (χ3v) is 7.80. The number of aromatic nitrogens is 3. The molecular formula is C18H25N3O3S2. The summed E-state index contributed by atoms with van der Waals surface area (Å²) in [5.74, 6) is 1.95. The van der Waals surface area contributed by atoms with Gasteiger partial charge in [0.05, 0.1) is 17.6 Å². The standard InChI is InChI=1S/C18H25N3O3S2/c1-3-13-4-6-15(7-5-13)16(22)11-25-18-20-19-17(21(18)2)10-14-8-9-26(23,24)12-14/h4-7,14,16,22H,3,8-12H2,1-2H3/t14-,16+/m1/s1. The lowest BCUT2D eigenvalue weighted by atomic mass is 10.1. The van der Waals surface area contributed by atoms with Crippen molar-refractivity contribution in [3.05, 3.63) is 41.2 Å². The molecule has 0 radical (unpaired) electrons. The fourth-order valence-corrected chi connectivity index (χ4v) is 5.92. The van der Waals surface area contributed by atoms with Gasteiger partial charge in [-0.25, -0.2) is 8.42 Å². The van der Waals surface area contributed by atoms with Gasteiger partial charge in [0, 0.05) is 19.2 Å². The van der Waals surface area contributed by atoms with E-state index in [0.29, 0.717) is 18.6 Å². The van der Waals surface area contributed by atoms with Crippen LogP contribution in [0.15, 0.2) is 29.4 Å². The fraction of sp³-hybridized carbons (Fsp3) is 0.556. The summed E-state index contributed by atoms with van der Waals surface area (Å²) in [5, 5.41) is 19.5. The summed E-state index contributed by atoms with van der Waals surface area (Å²) in [4.78, 5) is 0. The summed E-state index contributed by atoms with van der Waals surface area (Å²) >= 11 is 1.46. The Balaban J connectivity index is 1.57. The second-order valence-electron chi connectivity index (χ2n) is 6.85. The highest BCUT2D eigenvalue weighted by Crippen LogP contribution is 2.26. The van der Waals surface area contributed by atoms with Crippen molar-refractivity contribution in [1.29, 1.82) is 0 Å². The molecule has 6 nitrogen and oxygen atoms in total. The van der Waals surface area contributed by atoms with Gasteiger partial charge in [0.2, 0.25) is 0 Å². The molecule has 1 aliphatic heterocycles. The predicted octanol–water partition coefficient (Wildman–Crippen LogP) is 2.18. The van der Waals surface area contributed by atoms with Crippen LogP contribution in [-0.2, 0) is 29.7 Å². The third kappa shape index (κ3) is 4.66. The molecule has 1 N–H and O–H groups in total. The van der Waals surface area contributed by atoms with E-state index >= 15 is 0 Å². The first kappa shape index (κ1) is 19.4. The first-order chi connectivity index (χ1) is 12.4. The van der Waals surface area contributed by atoms with Crippen molar-refractivity contribution in [1.82, 2.24) is 14.8 Å². The number of aryl methyl sites for hydroxylation is 1. The average Bonchev–Trinajstić information content (AvgIpc) is 3.15. The van der Waals surface area contributed by atoms with Crippen molar-refractivity contribution in [3.63, 3.8) is 0 Å². The Morgan fingerprint density at radius 3 is 2.65 bits per heavy atom. The lowest BCUT2D eigenvalue weighted by molar-refractivity contribution is 0.204. The van der Waals surface area contributed by atoms with Gasteiger partial charge in [-0.2, -0.15) is 0 Å². The molecule has 2 heterocycles. The van der Waals surface area contributed by atoms with Crippen LogP contribution in [0, 0.1) is 5.92 Å². The van der Waals surface area contributed by atoms with Gasteiger partial charge in [-0.15, -0.1) is 10.2 Å². The summed E-state index contributed by atoms with van der Waals surface area (Å²) in [5.41, 5.74) is 2.15. The van der Waals surface area contributed by atoms with E-state index in [1.165, 1.54) is 17.3 Å². The molecule has 1 fully saturated rings. The summed E-state index contributed by atoms with van der Waals surface area (Å²) in [7, 11) is -0.982. The van der Waals surface area contributed by atoms with Gasteiger partial charge in [-0.05, 0) is 29.9 Å². The largest absolute Gasteiger partial charge is 0.388 e. The molecule has 0 bridgehead atoms. The third-order valence-electron chi connectivity index (χ3n) is 4.87. The van der Waals surface area contributed by atoms with Crippen LogP contribution >= 0.6 is 11.8 Å². The van der Waals surface area contributed by atoms with Crippen LogP contribution in [-0.4, -0.2) is 45.5 Å². The van der Waals surface area contributed by atoms with Crippen LogP contribution in [0.5, 0.6) is 0 Å². The topological polar surface area (TPSA) is 85.1 Å². The zero-order chi connectivity index (χ0) is 18.7. The molecule has 142 valence electrons. The number of hydrogen-bond acceptors (Lipinski definition) is 6. The van der Waals surface area contributed by atoms with Crippen LogP contribution in [0.1, 0.15) is 36.4 Å². The molecule has 1 saturated heterocycles. The van der Waals surface area contributed by atoms with Gasteiger partial charge >= 0.3 is 0 Å². The molecule has 1 aromatic heterocycles. The second kappa shape index (κ2) is 8.10. The number of benzene rings is 1. The van der Waals surface area contributed by atoms with E-state index in [0.717, 1.165) is 23.0 Å². The Labute approximate surface area is 159 Å². The number of rotatable bonds is 7. The first-order valence-corrected chi connectivity index (χ1v) is 11.7. The lowest BCUT2D eigenvalue weighted by Crippen LogP contribution is -2.11. The van der Waals surface area contributed by atoms with E-state index in [-0.39, 0.29) is 17.4 Å². The minimum Gasteiger partial charge on any atom is -0.388 e. The molecular weight excluding hydrogens is 370 g/mol. The Morgan fingerprint density at radius 1 is 1.31 bits per heavy atom. The molecule has 0 unspecified atom stereocenters. The maximum atomic E-state index is 11.6. The van der Waals surface area contributed by atoms with E-state index in [1.54, 1.807) is 0 Å². The highest BCUT2D eigenvalue weighted by molar-refractivity contribution is 7.99. The van der Waals surface area contributed by atoms with Crippen molar-refractivity contribution in [2.45, 2.75) is 37.4 Å². The van der Waals surface area contributed by atoms with Crippen LogP contribution in [0.2, 0.25) is 0 Å². The Morgan fingerprint density at radius 2 is 2.04 bits per heavy atom. The maximum absolute atomic E-state index is 11.6. The van der Waals surface area contributed by atoms with E-state index < -0.39 is 15.9 Å². The zero-order valence-corrected chi connectivity index (χ0v) is 16.8. The second-order valence-corrected chi connectivity index (χ2v) is 10.1. The van der Waals surface area contributed by atoms with Gasteiger partial charge in [0.1, 0.15) is 5.82 Å². The molecule has 0 amide bonds. The fourth-order valence-electron chi connectivity index (χ4n) is 3.16. The van der Waals surface area contributed by atoms with E-state index in [1.807, 2.05) is 35.9 Å². The monoisotopic (exact) mass is 395 g/mol. The highest BCUT2D eigenvalue weighted by Gasteiger charge is 2.29. The van der Waals surface area contributed by atoms with Gasteiger partial charge in [-0.1, -0.05) is 43.0 Å². The predicted molar refractivity (Wildman–Crippen MR) is 103 cm³/mol. The van der Waals surface area contributed by atoms with Gasteiger partial charge in [0.25, 0.3) is 0 Å². The summed E-state index contributed by atoms with van der Waals surface area (Å²) in [6.07, 6.45) is 1.75. The van der Waals surface area contributed by atoms with Crippen LogP contribution in [0.25, 0.3) is 0 Å². The summed E-state index contributed by atoms with van der Waals surface area (Å²) < 4.78 is 25.1. The Kier molecular flexibility index (Phi) is 6.04. The SMILES string of the molecule is CCc1ccc([C@@H](O)CSc2nnc(C[C@H]3CCS(=O)(=O)C3)n2C)cc1. The quantitative estimate of drug-likeness (QED) is 0.724. The van der Waals surface area contributed by atoms with E-state index in [2.05, 4.69) is 17.1 Å². The zero-order valence-electron chi connectivity index (χ0n) is 15.1. The minimum atomic E-state index is -2.87. The number of sulfone groups is 1. The normalized spacial score (nSPS) is 20.3. The van der Waals surface area contributed by atoms with Crippen molar-refractivity contribution < 1.29 is 13.5 Å². The van der Waals surface area contributed by atoms with Crippen molar-refractivity contribution >= 4 is 21.6 Å². The van der Waals surface area contributed by atoms with Crippen molar-refractivity contribution in [2.24, 2.45) is 13.0 Å². The number of aliphatic hydroxyl groups is 1. The summed E-state index contributed by atoms with van der Waals surface area (Å²) in [6, 6.07) is 8.01. The molecule has 2 atom stereocenters. The van der Waals surface area contributed by atoms with Gasteiger partial charge in [0.15, 0.2) is 15.0 Å². The Bertz CT molecular complexity index is 847. The first-order valence-electron chi connectivity index (χ1n) is 8.86. The molecule has 1 aliphatic rings. The number of thioether (sulfide) groups is 1. The van der Waals surface area contributed by atoms with Gasteiger partial charge < -0.3 is 9.67 Å². The molecule has 2 aromatic rings. The smallest absolute Gasteiger partial charge is 0.191 e. The number of nitrogens with zero attached hydrogens (tertiary/aromatic N) is 3. The lowest BCUT2D eigenvalue weighted by Gasteiger charge is -2.11. The molecule has 3 rings (SSSR count). The van der Waals surface area contributed by atoms with Crippen molar-refractivity contribution in [3.8, 4) is 0 Å². The van der Waals surface area contributed by atoms with Crippen molar-refractivity contribution in [2.75, 3.05) is 17.3 Å². The molecule has 0 saturated carbocycles. The molecule has 8 heteroatoms. The van der Waals surface area contributed by atoms with E-state index in [9.17, 15) is 13.5 Å². The number of hydrogen-bond donors (Lipinski definition) is 1. The number of aliphatic hydroxyl groups excluding tert-OH is 1. The minimum absolute atomic E-state index is 0.128.